The Kier molecular flexibility index (Phi) is 4.05. The number of nitrogens with two attached hydrogens (primary N) is 1. The maximum absolute atomic E-state index is 10.5. The third-order valence-corrected chi connectivity index (χ3v) is 2.50. The van der Waals surface area contributed by atoms with E-state index in [2.05, 4.69) is 9.24 Å². The van der Waals surface area contributed by atoms with Crippen molar-refractivity contribution >= 4 is 15.2 Å². The van der Waals surface area contributed by atoms with E-state index in [0.717, 1.165) is 11.7 Å². The second-order valence-electron chi connectivity index (χ2n) is 3.17. The molecule has 3 N–H and O–H groups in total. The topological polar surface area (TPSA) is 63.3 Å². The Bertz CT molecular complexity index is 310. The first-order valence-electron chi connectivity index (χ1n) is 4.39. The summed E-state index contributed by atoms with van der Waals surface area (Å²) in [5.74, 6) is -0.958. The number of aliphatic carboxylic acids is 1. The van der Waals surface area contributed by atoms with E-state index in [-0.39, 0.29) is 0 Å². The van der Waals surface area contributed by atoms with E-state index in [4.69, 9.17) is 10.8 Å². The number of hydrogen-bond donors (Lipinski definition) is 2. The van der Waals surface area contributed by atoms with Crippen LogP contribution < -0.4 is 5.73 Å². The van der Waals surface area contributed by atoms with Gasteiger partial charge in [0.05, 0.1) is 0 Å². The van der Waals surface area contributed by atoms with E-state index >= 15 is 0 Å². The molecule has 2 atom stereocenters. The fourth-order valence-corrected chi connectivity index (χ4v) is 1.42. The lowest BCUT2D eigenvalue weighted by molar-refractivity contribution is -0.138. The van der Waals surface area contributed by atoms with Gasteiger partial charge in [-0.25, -0.2) is 0 Å². The highest BCUT2D eigenvalue weighted by atomic mass is 31.0. The largest absolute Gasteiger partial charge is 0.480 e. The van der Waals surface area contributed by atoms with Crippen LogP contribution in [0.5, 0.6) is 0 Å². The summed E-state index contributed by atoms with van der Waals surface area (Å²) < 4.78 is 0. The van der Waals surface area contributed by atoms with Crippen LogP contribution in [0.4, 0.5) is 0 Å². The summed E-state index contributed by atoms with van der Waals surface area (Å²) in [7, 11) is 2.64. The van der Waals surface area contributed by atoms with Gasteiger partial charge >= 0.3 is 5.97 Å². The lowest BCUT2D eigenvalue weighted by Crippen LogP contribution is -2.32. The molecule has 4 heteroatoms. The Labute approximate surface area is 85.5 Å². The highest BCUT2D eigenvalue weighted by Crippen LogP contribution is 2.09. The lowest BCUT2D eigenvalue weighted by atomic mass is 10.1. The van der Waals surface area contributed by atoms with Gasteiger partial charge in [-0.1, -0.05) is 24.3 Å². The normalized spacial score (nSPS) is 12.4. The van der Waals surface area contributed by atoms with Gasteiger partial charge in [-0.3, -0.25) is 4.79 Å². The summed E-state index contributed by atoms with van der Waals surface area (Å²) in [6.07, 6.45) is 1.29. The molecule has 1 aromatic rings. The van der Waals surface area contributed by atoms with Crippen LogP contribution in [0.3, 0.4) is 0 Å². The molecule has 0 spiro atoms. The third kappa shape index (κ3) is 3.09. The van der Waals surface area contributed by atoms with Crippen LogP contribution in [0, 0.1) is 0 Å². The molecule has 0 aliphatic carbocycles. The second kappa shape index (κ2) is 5.08. The number of carboxylic acids is 1. The van der Waals surface area contributed by atoms with Crippen molar-refractivity contribution in [2.24, 2.45) is 5.73 Å². The van der Waals surface area contributed by atoms with Crippen LogP contribution in [0.25, 0.3) is 0 Å². The number of benzene rings is 1. The van der Waals surface area contributed by atoms with Crippen LogP contribution in [-0.2, 0) is 17.4 Å². The van der Waals surface area contributed by atoms with E-state index in [0.29, 0.717) is 6.42 Å². The zero-order valence-electron chi connectivity index (χ0n) is 7.81. The van der Waals surface area contributed by atoms with Crippen molar-refractivity contribution in [3.8, 4) is 0 Å². The molecule has 76 valence electrons. The maximum Gasteiger partial charge on any atom is 0.320 e. The highest BCUT2D eigenvalue weighted by molar-refractivity contribution is 7.15. The molecule has 0 fully saturated rings. The summed E-state index contributed by atoms with van der Waals surface area (Å²) >= 11 is 0. The molecule has 1 aromatic carbocycles. The van der Waals surface area contributed by atoms with E-state index < -0.39 is 12.0 Å². The average Bonchev–Trinajstić information content (AvgIpc) is 2.19. The van der Waals surface area contributed by atoms with Gasteiger partial charge in [0.1, 0.15) is 6.04 Å². The molecule has 0 saturated heterocycles. The summed E-state index contributed by atoms with van der Waals surface area (Å²) in [4.78, 5) is 10.5. The smallest absolute Gasteiger partial charge is 0.320 e. The molecule has 0 bridgehead atoms. The summed E-state index contributed by atoms with van der Waals surface area (Å²) in [5, 5.41) is 8.62. The second-order valence-corrected chi connectivity index (χ2v) is 3.58. The first kappa shape index (κ1) is 11.2. The number of rotatable bonds is 4. The van der Waals surface area contributed by atoms with E-state index in [1.807, 2.05) is 24.3 Å². The predicted octanol–water partition coefficient (Wildman–Crippen LogP) is 1.02. The van der Waals surface area contributed by atoms with Crippen LogP contribution in [0.15, 0.2) is 24.3 Å². The van der Waals surface area contributed by atoms with Gasteiger partial charge in [0.2, 0.25) is 0 Å². The fraction of sp³-hybridized carbons (Fsp3) is 0.300. The Morgan fingerprint density at radius 1 is 1.36 bits per heavy atom. The van der Waals surface area contributed by atoms with Gasteiger partial charge in [0, 0.05) is 0 Å². The van der Waals surface area contributed by atoms with Crippen molar-refractivity contribution in [1.82, 2.24) is 0 Å². The maximum atomic E-state index is 10.5. The predicted molar refractivity (Wildman–Crippen MR) is 59.2 cm³/mol. The van der Waals surface area contributed by atoms with Crippen molar-refractivity contribution in [2.75, 3.05) is 0 Å². The van der Waals surface area contributed by atoms with Crippen molar-refractivity contribution in [2.45, 2.75) is 18.6 Å². The minimum atomic E-state index is -0.958. The minimum absolute atomic E-state index is 0.381. The quantitative estimate of drug-likeness (QED) is 0.731. The molecular formula is C10H14NO2P. The molecule has 0 radical (unpaired) electrons. The van der Waals surface area contributed by atoms with E-state index in [9.17, 15) is 4.79 Å². The Hall–Kier alpha value is -0.920. The molecule has 0 heterocycles. The molecule has 0 amide bonds. The first-order valence-corrected chi connectivity index (χ1v) is 5.21. The molecule has 0 saturated carbocycles. The number of hydrogen-bond acceptors (Lipinski definition) is 2. The number of carboxylic acid groups (broad SMARTS) is 1. The van der Waals surface area contributed by atoms with Gasteiger partial charge in [0.25, 0.3) is 0 Å². The summed E-state index contributed by atoms with van der Waals surface area (Å²) in [6, 6.07) is 7.00. The van der Waals surface area contributed by atoms with Crippen LogP contribution in [0.1, 0.15) is 11.1 Å². The summed E-state index contributed by atoms with van der Waals surface area (Å²) in [5.41, 5.74) is 7.59. The molecule has 14 heavy (non-hydrogen) atoms. The fourth-order valence-electron chi connectivity index (χ4n) is 1.15. The number of carbonyl (C=O) groups is 1. The third-order valence-electron chi connectivity index (χ3n) is 2.03. The van der Waals surface area contributed by atoms with E-state index in [1.165, 1.54) is 5.56 Å². The van der Waals surface area contributed by atoms with Gasteiger partial charge in [-0.2, -0.15) is 0 Å². The lowest BCUT2D eigenvalue weighted by Gasteiger charge is -2.06. The van der Waals surface area contributed by atoms with Gasteiger partial charge in [0.15, 0.2) is 0 Å². The van der Waals surface area contributed by atoms with Crippen LogP contribution >= 0.6 is 9.24 Å². The van der Waals surface area contributed by atoms with Gasteiger partial charge in [-0.05, 0) is 23.7 Å². The van der Waals surface area contributed by atoms with Crippen molar-refractivity contribution in [1.29, 1.82) is 0 Å². The van der Waals surface area contributed by atoms with Crippen molar-refractivity contribution in [3.63, 3.8) is 0 Å². The molecular weight excluding hydrogens is 197 g/mol. The van der Waals surface area contributed by atoms with Crippen LogP contribution in [-0.4, -0.2) is 17.1 Å². The van der Waals surface area contributed by atoms with Crippen molar-refractivity contribution in [3.05, 3.63) is 35.4 Å². The molecule has 0 aliphatic heterocycles. The zero-order valence-corrected chi connectivity index (χ0v) is 8.97. The van der Waals surface area contributed by atoms with Gasteiger partial charge in [-0.15, -0.1) is 9.24 Å². The Balaban J connectivity index is 2.64. The monoisotopic (exact) mass is 211 g/mol. The highest BCUT2D eigenvalue weighted by Gasteiger charge is 2.11. The zero-order chi connectivity index (χ0) is 10.6. The molecule has 1 rings (SSSR count). The molecule has 0 aliphatic rings. The van der Waals surface area contributed by atoms with E-state index in [1.54, 1.807) is 0 Å². The molecule has 2 unspecified atom stereocenters. The average molecular weight is 211 g/mol. The Morgan fingerprint density at radius 3 is 2.29 bits per heavy atom. The first-order chi connectivity index (χ1) is 6.63. The minimum Gasteiger partial charge on any atom is -0.480 e. The SMILES string of the molecule is NC(Cc1ccc(CP)cc1)C(=O)O. The Morgan fingerprint density at radius 2 is 1.86 bits per heavy atom. The van der Waals surface area contributed by atoms with Gasteiger partial charge < -0.3 is 10.8 Å². The van der Waals surface area contributed by atoms with Crippen LogP contribution in [0.2, 0.25) is 0 Å². The van der Waals surface area contributed by atoms with Crippen molar-refractivity contribution < 1.29 is 9.90 Å². The standard InChI is InChI=1S/C10H14NO2P/c11-9(10(12)13)5-7-1-3-8(6-14)4-2-7/h1-4,9H,5-6,11,14H2,(H,12,13). The summed E-state index contributed by atoms with van der Waals surface area (Å²) in [6.45, 7) is 0. The molecule has 0 aromatic heterocycles. The molecule has 3 nitrogen and oxygen atoms in total.